The Balaban J connectivity index is 2.12. The Morgan fingerprint density at radius 2 is 1.09 bits per heavy atom. The summed E-state index contributed by atoms with van der Waals surface area (Å²) in [5.41, 5.74) is 3.07. The number of benzene rings is 2. The van der Waals surface area contributed by atoms with Crippen molar-refractivity contribution in [2.75, 3.05) is 0 Å². The summed E-state index contributed by atoms with van der Waals surface area (Å²) < 4.78 is 52.4. The monoisotopic (exact) mass is 349 g/mol. The minimum Gasteiger partial charge on any atom is -0.206 e. The average Bonchev–Trinajstić information content (AvgIpc) is 2.49. The van der Waals surface area contributed by atoms with Crippen LogP contribution in [-0.4, -0.2) is 16.8 Å². The lowest BCUT2D eigenvalue weighted by Crippen LogP contribution is -2.31. The van der Waals surface area contributed by atoms with Gasteiger partial charge in [0.2, 0.25) is 0 Å². The fraction of sp³-hybridized carbons (Fsp3) is 0.250. The maximum atomic E-state index is 12.6. The van der Waals surface area contributed by atoms with Crippen molar-refractivity contribution in [3.8, 4) is 0 Å². The molecule has 0 aromatic heterocycles. The van der Waals surface area contributed by atoms with E-state index in [-0.39, 0.29) is 9.79 Å². The highest BCUT2D eigenvalue weighted by atomic mass is 32.3. The van der Waals surface area contributed by atoms with Gasteiger partial charge in [0.1, 0.15) is 0 Å². The van der Waals surface area contributed by atoms with Gasteiger partial charge in [-0.05, 0) is 60.1 Å². The van der Waals surface area contributed by atoms with Crippen LogP contribution in [0, 0.1) is 0 Å². The van der Waals surface area contributed by atoms with Gasteiger partial charge >= 0.3 is 0 Å². The minimum atomic E-state index is -4.12. The molecule has 120 valence electrons. The van der Waals surface area contributed by atoms with Crippen LogP contribution in [0.25, 0.3) is 0 Å². The molecule has 4 bridgehead atoms. The molecule has 0 amide bonds. The fourth-order valence-corrected chi connectivity index (χ4v) is 6.73. The van der Waals surface area contributed by atoms with Crippen molar-refractivity contribution in [1.82, 2.24) is 4.13 Å². The molecule has 0 aliphatic carbocycles. The summed E-state index contributed by atoms with van der Waals surface area (Å²) in [4.78, 5) is 0.152. The summed E-state index contributed by atoms with van der Waals surface area (Å²) in [6, 6.07) is 10.7. The molecule has 0 atom stereocenters. The second-order valence-corrected chi connectivity index (χ2v) is 9.53. The number of fused-ring (bicyclic) bond motifs is 4. The molecular formula is C16H15NO4S2. The third kappa shape index (κ3) is 2.49. The lowest BCUT2D eigenvalue weighted by atomic mass is 9.96. The van der Waals surface area contributed by atoms with Crippen molar-refractivity contribution < 1.29 is 16.8 Å². The van der Waals surface area contributed by atoms with Gasteiger partial charge in [-0.2, -0.15) is 0 Å². The van der Waals surface area contributed by atoms with Gasteiger partial charge in [0.15, 0.2) is 0 Å². The molecule has 2 aliphatic heterocycles. The lowest BCUT2D eigenvalue weighted by molar-refractivity contribution is 0.576. The van der Waals surface area contributed by atoms with Crippen LogP contribution in [-0.2, 0) is 45.7 Å². The first-order valence-corrected chi connectivity index (χ1v) is 10.3. The van der Waals surface area contributed by atoms with Crippen LogP contribution < -0.4 is 4.13 Å². The Labute approximate surface area is 135 Å². The van der Waals surface area contributed by atoms with E-state index in [9.17, 15) is 16.8 Å². The summed E-state index contributed by atoms with van der Waals surface area (Å²) in [5, 5.41) is 0. The normalized spacial score (nSPS) is 20.7. The maximum Gasteiger partial charge on any atom is 0.254 e. The number of hydrogen-bond donors (Lipinski definition) is 1. The molecule has 2 aromatic rings. The summed E-state index contributed by atoms with van der Waals surface area (Å²) in [6.45, 7) is 0. The van der Waals surface area contributed by atoms with E-state index in [1.807, 2.05) is 16.3 Å². The van der Waals surface area contributed by atoms with Gasteiger partial charge in [-0.1, -0.05) is 24.3 Å². The SMILES string of the molecule is O=S1(=O)NS(=O)(=O)c2cc3ccc2CCc2ccc(cc21)CC3. The molecule has 0 saturated carbocycles. The van der Waals surface area contributed by atoms with E-state index in [1.54, 1.807) is 24.3 Å². The van der Waals surface area contributed by atoms with Crippen molar-refractivity contribution in [2.24, 2.45) is 0 Å². The molecule has 0 radical (unpaired) electrons. The van der Waals surface area contributed by atoms with Crippen LogP contribution in [0.2, 0.25) is 0 Å². The second kappa shape index (κ2) is 4.90. The first-order chi connectivity index (χ1) is 10.9. The molecule has 23 heavy (non-hydrogen) atoms. The Morgan fingerprint density at radius 1 is 0.652 bits per heavy atom. The van der Waals surface area contributed by atoms with Crippen LogP contribution >= 0.6 is 0 Å². The summed E-state index contributed by atoms with van der Waals surface area (Å²) in [5.74, 6) is 0. The lowest BCUT2D eigenvalue weighted by Gasteiger charge is -2.12. The summed E-state index contributed by atoms with van der Waals surface area (Å²) >= 11 is 0. The number of aryl methyl sites for hydroxylation is 4. The van der Waals surface area contributed by atoms with E-state index in [0.717, 1.165) is 11.1 Å². The molecule has 2 aliphatic rings. The molecule has 5 nitrogen and oxygen atoms in total. The minimum absolute atomic E-state index is 0.0761. The number of rotatable bonds is 0. The van der Waals surface area contributed by atoms with E-state index in [4.69, 9.17) is 0 Å². The molecule has 7 heteroatoms. The van der Waals surface area contributed by atoms with Gasteiger partial charge < -0.3 is 0 Å². The second-order valence-electron chi connectivity index (χ2n) is 5.97. The first-order valence-electron chi connectivity index (χ1n) is 7.37. The van der Waals surface area contributed by atoms with Crippen LogP contribution in [0.1, 0.15) is 22.3 Å². The van der Waals surface area contributed by atoms with Gasteiger partial charge in [0, 0.05) is 0 Å². The van der Waals surface area contributed by atoms with E-state index in [0.29, 0.717) is 36.8 Å². The van der Waals surface area contributed by atoms with Gasteiger partial charge in [0.05, 0.1) is 9.79 Å². The van der Waals surface area contributed by atoms with Crippen LogP contribution in [0.15, 0.2) is 46.2 Å². The van der Waals surface area contributed by atoms with E-state index < -0.39 is 20.0 Å². The molecule has 0 fully saturated rings. The molecule has 4 rings (SSSR count). The Morgan fingerprint density at radius 3 is 1.52 bits per heavy atom. The zero-order valence-electron chi connectivity index (χ0n) is 12.2. The summed E-state index contributed by atoms with van der Waals surface area (Å²) in [6.07, 6.45) is 2.31. The van der Waals surface area contributed by atoms with Crippen molar-refractivity contribution in [1.29, 1.82) is 0 Å². The Hall–Kier alpha value is -1.70. The number of sulfonamides is 2. The van der Waals surface area contributed by atoms with Gasteiger partial charge in [-0.3, -0.25) is 0 Å². The highest BCUT2D eigenvalue weighted by Crippen LogP contribution is 2.29. The zero-order chi connectivity index (χ0) is 16.2. The van der Waals surface area contributed by atoms with Crippen LogP contribution in [0.4, 0.5) is 0 Å². The predicted octanol–water partition coefficient (Wildman–Crippen LogP) is 1.55. The molecule has 2 heterocycles. The molecule has 0 unspecified atom stereocenters. The van der Waals surface area contributed by atoms with E-state index >= 15 is 0 Å². The first kappa shape index (κ1) is 14.9. The van der Waals surface area contributed by atoms with Crippen LogP contribution in [0.3, 0.4) is 0 Å². The smallest absolute Gasteiger partial charge is 0.206 e. The largest absolute Gasteiger partial charge is 0.254 e. The molecule has 1 N–H and O–H groups in total. The topological polar surface area (TPSA) is 80.3 Å². The highest BCUT2D eigenvalue weighted by Gasteiger charge is 2.31. The zero-order valence-corrected chi connectivity index (χ0v) is 13.9. The van der Waals surface area contributed by atoms with Crippen molar-refractivity contribution in [2.45, 2.75) is 35.5 Å². The summed E-state index contributed by atoms with van der Waals surface area (Å²) in [7, 11) is -8.25. The Bertz CT molecular complexity index is 941. The number of hydrogen-bond acceptors (Lipinski definition) is 4. The molecular weight excluding hydrogens is 334 g/mol. The third-order valence-electron chi connectivity index (χ3n) is 4.43. The molecule has 2 aromatic carbocycles. The standard InChI is InChI=1S/C16H15NO4S2/c18-22(19)15-9-11-1-2-12-4-6-14(8-7-13(15)5-3-11)16(10-12)23(20,21)17-22/h3-6,9-10,17H,1-2,7-8H2. The third-order valence-corrected chi connectivity index (χ3v) is 8.10. The van der Waals surface area contributed by atoms with Crippen molar-refractivity contribution in [3.05, 3.63) is 58.7 Å². The Kier molecular flexibility index (Phi) is 3.16. The molecule has 0 spiro atoms. The van der Waals surface area contributed by atoms with E-state index in [1.165, 1.54) is 0 Å². The van der Waals surface area contributed by atoms with Crippen LogP contribution in [0.5, 0.6) is 0 Å². The fourth-order valence-electron chi connectivity index (χ4n) is 3.21. The van der Waals surface area contributed by atoms with E-state index in [2.05, 4.69) is 0 Å². The maximum absolute atomic E-state index is 12.6. The number of nitrogens with one attached hydrogen (secondary N) is 1. The van der Waals surface area contributed by atoms with Crippen molar-refractivity contribution in [3.63, 3.8) is 0 Å². The van der Waals surface area contributed by atoms with Gasteiger partial charge in [-0.25, -0.2) is 16.8 Å². The van der Waals surface area contributed by atoms with Crippen molar-refractivity contribution >= 4 is 20.0 Å². The quantitative estimate of drug-likeness (QED) is 0.782. The highest BCUT2D eigenvalue weighted by molar-refractivity contribution is 8.04. The van der Waals surface area contributed by atoms with Gasteiger partial charge in [-0.15, -0.1) is 4.13 Å². The predicted molar refractivity (Wildman–Crippen MR) is 85.2 cm³/mol. The average molecular weight is 349 g/mol. The molecule has 0 saturated heterocycles. The van der Waals surface area contributed by atoms with Gasteiger partial charge in [0.25, 0.3) is 20.0 Å².